The van der Waals surface area contributed by atoms with Crippen molar-refractivity contribution in [1.29, 1.82) is 0 Å². The maximum Gasteiger partial charge on any atom is 0.353 e. The molecule has 0 spiro atoms. The molecule has 1 aliphatic rings. The molecule has 1 fully saturated rings. The van der Waals surface area contributed by atoms with Crippen molar-refractivity contribution in [2.24, 2.45) is 0 Å². The summed E-state index contributed by atoms with van der Waals surface area (Å²) in [4.78, 5) is 10.9. The van der Waals surface area contributed by atoms with Crippen LogP contribution in [0.15, 0.2) is 30.3 Å². The molecule has 18 heavy (non-hydrogen) atoms. The van der Waals surface area contributed by atoms with Crippen LogP contribution in [0.25, 0.3) is 11.3 Å². The van der Waals surface area contributed by atoms with Crippen LogP contribution in [0.1, 0.15) is 22.0 Å². The Kier molecular flexibility index (Phi) is 2.83. The highest BCUT2D eigenvalue weighted by molar-refractivity contribution is 8.00. The van der Waals surface area contributed by atoms with Gasteiger partial charge < -0.3 is 5.11 Å². The fourth-order valence-electron chi connectivity index (χ4n) is 2.07. The van der Waals surface area contributed by atoms with Gasteiger partial charge in [0.2, 0.25) is 0 Å². The molecule has 0 saturated carbocycles. The number of aromatic carboxylic acids is 1. The van der Waals surface area contributed by atoms with Gasteiger partial charge in [-0.25, -0.2) is 4.79 Å². The van der Waals surface area contributed by atoms with Crippen molar-refractivity contribution >= 4 is 17.7 Å². The van der Waals surface area contributed by atoms with E-state index in [9.17, 15) is 4.79 Å². The van der Waals surface area contributed by atoms with Crippen LogP contribution in [-0.2, 0) is 0 Å². The SMILES string of the molecule is O=C(O)c1cc(-c2ccccc2C2CSC2)n[nH]1. The lowest BCUT2D eigenvalue weighted by Gasteiger charge is -2.26. The summed E-state index contributed by atoms with van der Waals surface area (Å²) in [5.74, 6) is 1.85. The van der Waals surface area contributed by atoms with E-state index in [0.717, 1.165) is 17.1 Å². The molecule has 0 amide bonds. The van der Waals surface area contributed by atoms with Crippen LogP contribution in [0.2, 0.25) is 0 Å². The van der Waals surface area contributed by atoms with Crippen molar-refractivity contribution in [1.82, 2.24) is 10.2 Å². The van der Waals surface area contributed by atoms with Gasteiger partial charge in [0.15, 0.2) is 0 Å². The highest BCUT2D eigenvalue weighted by Gasteiger charge is 2.23. The van der Waals surface area contributed by atoms with Crippen LogP contribution in [0.3, 0.4) is 0 Å². The first-order valence-corrected chi connectivity index (χ1v) is 6.87. The van der Waals surface area contributed by atoms with Crippen LogP contribution in [0, 0.1) is 0 Å². The molecule has 0 radical (unpaired) electrons. The fraction of sp³-hybridized carbons (Fsp3) is 0.231. The summed E-state index contributed by atoms with van der Waals surface area (Å²) in [7, 11) is 0. The summed E-state index contributed by atoms with van der Waals surface area (Å²) >= 11 is 1.93. The van der Waals surface area contributed by atoms with Gasteiger partial charge in [-0.05, 0) is 11.6 Å². The van der Waals surface area contributed by atoms with Crippen LogP contribution in [0.5, 0.6) is 0 Å². The second-order valence-electron chi connectivity index (χ2n) is 4.29. The number of carbonyl (C=O) groups is 1. The van der Waals surface area contributed by atoms with E-state index in [2.05, 4.69) is 16.3 Å². The first kappa shape index (κ1) is 11.3. The third-order valence-corrected chi connectivity index (χ3v) is 4.40. The second kappa shape index (κ2) is 4.49. The minimum Gasteiger partial charge on any atom is -0.477 e. The molecule has 5 heteroatoms. The van der Waals surface area contributed by atoms with Gasteiger partial charge >= 0.3 is 5.97 Å². The Morgan fingerprint density at radius 3 is 2.78 bits per heavy atom. The van der Waals surface area contributed by atoms with E-state index >= 15 is 0 Å². The number of carboxylic acids is 1. The molecule has 1 aromatic heterocycles. The Balaban J connectivity index is 2.02. The lowest BCUT2D eigenvalue weighted by Crippen LogP contribution is -2.16. The Hall–Kier alpha value is -1.75. The molecule has 2 heterocycles. The lowest BCUT2D eigenvalue weighted by atomic mass is 9.94. The molecule has 92 valence electrons. The van der Waals surface area contributed by atoms with E-state index in [1.54, 1.807) is 6.07 Å². The van der Waals surface area contributed by atoms with E-state index < -0.39 is 5.97 Å². The van der Waals surface area contributed by atoms with Gasteiger partial charge in [0.25, 0.3) is 0 Å². The predicted octanol–water partition coefficient (Wildman–Crippen LogP) is 2.61. The molecule has 2 N–H and O–H groups in total. The molecular formula is C13H12N2O2S. The van der Waals surface area contributed by atoms with Gasteiger partial charge in [0.05, 0.1) is 5.69 Å². The number of nitrogens with zero attached hydrogens (tertiary/aromatic N) is 1. The topological polar surface area (TPSA) is 66.0 Å². The number of aromatic amines is 1. The van der Waals surface area contributed by atoms with E-state index in [1.807, 2.05) is 30.0 Å². The smallest absolute Gasteiger partial charge is 0.353 e. The number of carboxylic acid groups (broad SMARTS) is 1. The van der Waals surface area contributed by atoms with E-state index in [4.69, 9.17) is 5.11 Å². The fourth-order valence-corrected chi connectivity index (χ4v) is 2.90. The van der Waals surface area contributed by atoms with Crippen LogP contribution in [-0.4, -0.2) is 32.8 Å². The number of H-pyrrole nitrogens is 1. The Bertz CT molecular complexity index is 590. The van der Waals surface area contributed by atoms with Crippen molar-refractivity contribution in [2.45, 2.75) is 5.92 Å². The first-order chi connectivity index (χ1) is 8.75. The van der Waals surface area contributed by atoms with Crippen molar-refractivity contribution in [3.05, 3.63) is 41.6 Å². The molecule has 0 aliphatic carbocycles. The van der Waals surface area contributed by atoms with Crippen LogP contribution in [0.4, 0.5) is 0 Å². The normalized spacial score (nSPS) is 15.3. The third kappa shape index (κ3) is 1.90. The number of nitrogens with one attached hydrogen (secondary N) is 1. The molecule has 0 bridgehead atoms. The largest absolute Gasteiger partial charge is 0.477 e. The maximum atomic E-state index is 10.9. The highest BCUT2D eigenvalue weighted by Crippen LogP contribution is 2.38. The minimum absolute atomic E-state index is 0.128. The number of aromatic nitrogens is 2. The van der Waals surface area contributed by atoms with Gasteiger partial charge in [-0.15, -0.1) is 0 Å². The molecule has 1 aliphatic heterocycles. The quantitative estimate of drug-likeness (QED) is 0.890. The Morgan fingerprint density at radius 1 is 1.39 bits per heavy atom. The average Bonchev–Trinajstić information content (AvgIpc) is 2.77. The molecule has 2 aromatic rings. The number of hydrogen-bond acceptors (Lipinski definition) is 3. The van der Waals surface area contributed by atoms with Crippen LogP contribution >= 0.6 is 11.8 Å². The van der Waals surface area contributed by atoms with Crippen molar-refractivity contribution in [2.75, 3.05) is 11.5 Å². The molecule has 0 atom stereocenters. The van der Waals surface area contributed by atoms with Crippen LogP contribution < -0.4 is 0 Å². The molecule has 1 saturated heterocycles. The number of rotatable bonds is 3. The second-order valence-corrected chi connectivity index (χ2v) is 5.37. The zero-order valence-corrected chi connectivity index (χ0v) is 10.4. The van der Waals surface area contributed by atoms with Gasteiger partial charge in [-0.2, -0.15) is 16.9 Å². The summed E-state index contributed by atoms with van der Waals surface area (Å²) < 4.78 is 0. The molecule has 0 unspecified atom stereocenters. The summed E-state index contributed by atoms with van der Waals surface area (Å²) in [5, 5.41) is 15.6. The first-order valence-electron chi connectivity index (χ1n) is 5.71. The summed E-state index contributed by atoms with van der Waals surface area (Å²) in [6, 6.07) is 9.67. The zero-order valence-electron chi connectivity index (χ0n) is 9.59. The molecule has 4 nitrogen and oxygen atoms in total. The van der Waals surface area contributed by atoms with Crippen molar-refractivity contribution < 1.29 is 9.90 Å². The molecule has 1 aromatic carbocycles. The number of thioether (sulfide) groups is 1. The molecular weight excluding hydrogens is 248 g/mol. The Morgan fingerprint density at radius 2 is 2.17 bits per heavy atom. The number of benzene rings is 1. The zero-order chi connectivity index (χ0) is 12.5. The van der Waals surface area contributed by atoms with Gasteiger partial charge in [0, 0.05) is 23.0 Å². The van der Waals surface area contributed by atoms with E-state index in [-0.39, 0.29) is 5.69 Å². The number of hydrogen-bond donors (Lipinski definition) is 2. The summed E-state index contributed by atoms with van der Waals surface area (Å²) in [6.45, 7) is 0. The third-order valence-electron chi connectivity index (χ3n) is 3.12. The standard InChI is InChI=1S/C13H12N2O2S/c16-13(17)12-5-11(14-15-12)10-4-2-1-3-9(10)8-6-18-7-8/h1-5,8H,6-7H2,(H,14,15)(H,16,17). The van der Waals surface area contributed by atoms with Crippen molar-refractivity contribution in [3.63, 3.8) is 0 Å². The highest BCUT2D eigenvalue weighted by atomic mass is 32.2. The van der Waals surface area contributed by atoms with Gasteiger partial charge in [0.1, 0.15) is 5.69 Å². The van der Waals surface area contributed by atoms with E-state index in [0.29, 0.717) is 11.6 Å². The average molecular weight is 260 g/mol. The predicted molar refractivity (Wildman–Crippen MR) is 71.0 cm³/mol. The summed E-state index contributed by atoms with van der Waals surface area (Å²) in [6.07, 6.45) is 0. The lowest BCUT2D eigenvalue weighted by molar-refractivity contribution is 0.0690. The van der Waals surface area contributed by atoms with Gasteiger partial charge in [-0.3, -0.25) is 5.10 Å². The van der Waals surface area contributed by atoms with Crippen molar-refractivity contribution in [3.8, 4) is 11.3 Å². The minimum atomic E-state index is -0.981. The summed E-state index contributed by atoms with van der Waals surface area (Å²) in [5.41, 5.74) is 3.13. The monoisotopic (exact) mass is 260 g/mol. The van der Waals surface area contributed by atoms with E-state index in [1.165, 1.54) is 5.56 Å². The maximum absolute atomic E-state index is 10.9. The Labute approximate surface area is 108 Å². The molecule has 3 rings (SSSR count). The van der Waals surface area contributed by atoms with Gasteiger partial charge in [-0.1, -0.05) is 24.3 Å².